The normalized spacial score (nSPS) is 10.2. The van der Waals surface area contributed by atoms with Crippen LogP contribution in [0.3, 0.4) is 0 Å². The van der Waals surface area contributed by atoms with Crippen molar-refractivity contribution < 1.29 is 4.39 Å². The van der Waals surface area contributed by atoms with Crippen molar-refractivity contribution in [2.24, 2.45) is 0 Å². The van der Waals surface area contributed by atoms with Gasteiger partial charge in [-0.2, -0.15) is 0 Å². The molecule has 2 N–H and O–H groups in total. The summed E-state index contributed by atoms with van der Waals surface area (Å²) in [4.78, 5) is 0. The van der Waals surface area contributed by atoms with Crippen molar-refractivity contribution in [3.8, 4) is 0 Å². The Labute approximate surface area is 124 Å². The zero-order valence-electron chi connectivity index (χ0n) is 11.8. The number of thiocarbonyl (C=S) groups is 1. The van der Waals surface area contributed by atoms with Crippen LogP contribution in [-0.4, -0.2) is 5.11 Å². The van der Waals surface area contributed by atoms with Crippen LogP contribution in [0.2, 0.25) is 0 Å². The minimum absolute atomic E-state index is 0.246. The third-order valence-electron chi connectivity index (χ3n) is 3.00. The number of rotatable bonds is 2. The van der Waals surface area contributed by atoms with Gasteiger partial charge in [0.1, 0.15) is 5.82 Å². The molecule has 0 saturated carbocycles. The first kappa shape index (κ1) is 14.5. The molecule has 104 valence electrons. The lowest BCUT2D eigenvalue weighted by Gasteiger charge is -2.13. The fraction of sp³-hybridized carbons (Fsp3) is 0.188. The average Bonchev–Trinajstić information content (AvgIpc) is 2.33. The van der Waals surface area contributed by atoms with E-state index in [0.717, 1.165) is 16.8 Å². The maximum atomic E-state index is 13.5. The van der Waals surface area contributed by atoms with E-state index in [1.807, 2.05) is 26.0 Å². The molecule has 0 bridgehead atoms. The molecule has 0 heterocycles. The summed E-state index contributed by atoms with van der Waals surface area (Å²) in [6.45, 7) is 5.79. The molecule has 0 aliphatic rings. The summed E-state index contributed by atoms with van der Waals surface area (Å²) in [5, 5.41) is 6.58. The highest BCUT2D eigenvalue weighted by molar-refractivity contribution is 7.80. The van der Waals surface area contributed by atoms with Crippen molar-refractivity contribution in [2.45, 2.75) is 20.8 Å². The second-order valence-electron chi connectivity index (χ2n) is 4.87. The van der Waals surface area contributed by atoms with E-state index in [1.54, 1.807) is 19.1 Å². The van der Waals surface area contributed by atoms with Crippen LogP contribution in [0.5, 0.6) is 0 Å². The van der Waals surface area contributed by atoms with Crippen molar-refractivity contribution in [3.63, 3.8) is 0 Å². The van der Waals surface area contributed by atoms with E-state index in [9.17, 15) is 4.39 Å². The van der Waals surface area contributed by atoms with Crippen molar-refractivity contribution in [3.05, 3.63) is 58.9 Å². The van der Waals surface area contributed by atoms with E-state index in [4.69, 9.17) is 12.2 Å². The molecule has 0 saturated heterocycles. The van der Waals surface area contributed by atoms with Crippen LogP contribution in [0.15, 0.2) is 36.4 Å². The Balaban J connectivity index is 2.11. The van der Waals surface area contributed by atoms with Gasteiger partial charge in [-0.15, -0.1) is 0 Å². The Morgan fingerprint density at radius 2 is 1.65 bits per heavy atom. The molecule has 0 unspecified atom stereocenters. The fourth-order valence-corrected chi connectivity index (χ4v) is 2.30. The SMILES string of the molecule is Cc1cc(C)cc(NC(=S)Nc2cccc(F)c2C)c1. The molecular formula is C16H17FN2S. The highest BCUT2D eigenvalue weighted by Gasteiger charge is 2.05. The minimum atomic E-state index is -0.246. The van der Waals surface area contributed by atoms with E-state index < -0.39 is 0 Å². The third-order valence-corrected chi connectivity index (χ3v) is 3.20. The molecule has 4 heteroatoms. The van der Waals surface area contributed by atoms with Crippen molar-refractivity contribution in [1.82, 2.24) is 0 Å². The van der Waals surface area contributed by atoms with Gasteiger partial charge in [-0.3, -0.25) is 0 Å². The molecule has 0 radical (unpaired) electrons. The second kappa shape index (κ2) is 6.01. The quantitative estimate of drug-likeness (QED) is 0.792. The van der Waals surface area contributed by atoms with Crippen molar-refractivity contribution in [1.29, 1.82) is 0 Å². The number of anilines is 2. The molecule has 0 spiro atoms. The van der Waals surface area contributed by atoms with E-state index in [1.165, 1.54) is 6.07 Å². The van der Waals surface area contributed by atoms with E-state index in [-0.39, 0.29) is 5.82 Å². The number of nitrogens with one attached hydrogen (secondary N) is 2. The summed E-state index contributed by atoms with van der Waals surface area (Å²) in [5.41, 5.74) is 4.48. The van der Waals surface area contributed by atoms with Gasteiger partial charge < -0.3 is 10.6 Å². The molecule has 0 aliphatic heterocycles. The molecule has 2 nitrogen and oxygen atoms in total. The maximum Gasteiger partial charge on any atom is 0.175 e. The maximum absolute atomic E-state index is 13.5. The zero-order chi connectivity index (χ0) is 14.7. The first-order valence-electron chi connectivity index (χ1n) is 6.37. The van der Waals surface area contributed by atoms with Crippen LogP contribution in [-0.2, 0) is 0 Å². The Morgan fingerprint density at radius 3 is 2.30 bits per heavy atom. The minimum Gasteiger partial charge on any atom is -0.332 e. The predicted octanol–water partition coefficient (Wildman–Crippen LogP) is 4.56. The van der Waals surface area contributed by atoms with Crippen LogP contribution in [0, 0.1) is 26.6 Å². The molecule has 2 aromatic carbocycles. The number of hydrogen-bond acceptors (Lipinski definition) is 1. The Hall–Kier alpha value is -1.94. The van der Waals surface area contributed by atoms with Gasteiger partial charge in [0.25, 0.3) is 0 Å². The Bertz CT molecular complexity index is 633. The van der Waals surface area contributed by atoms with Crippen LogP contribution >= 0.6 is 12.2 Å². The summed E-state index contributed by atoms with van der Waals surface area (Å²) in [5.74, 6) is -0.246. The van der Waals surface area contributed by atoms with Gasteiger partial charge >= 0.3 is 0 Å². The zero-order valence-corrected chi connectivity index (χ0v) is 12.6. The monoisotopic (exact) mass is 288 g/mol. The number of benzene rings is 2. The molecular weight excluding hydrogens is 271 g/mol. The van der Waals surface area contributed by atoms with Crippen molar-refractivity contribution in [2.75, 3.05) is 10.6 Å². The summed E-state index contributed by atoms with van der Waals surface area (Å²) < 4.78 is 13.5. The topological polar surface area (TPSA) is 24.1 Å². The smallest absolute Gasteiger partial charge is 0.175 e. The molecule has 0 aromatic heterocycles. The van der Waals surface area contributed by atoms with Gasteiger partial charge in [-0.1, -0.05) is 12.1 Å². The second-order valence-corrected chi connectivity index (χ2v) is 5.28. The van der Waals surface area contributed by atoms with Crippen LogP contribution in [0.1, 0.15) is 16.7 Å². The largest absolute Gasteiger partial charge is 0.332 e. The standard InChI is InChI=1S/C16H17FN2S/c1-10-7-11(2)9-13(8-10)18-16(20)19-15-6-4-5-14(17)12(15)3/h4-9H,1-3H3,(H2,18,19,20). The molecule has 2 aromatic rings. The van der Waals surface area contributed by atoms with Gasteiger partial charge in [-0.05, 0) is 68.4 Å². The van der Waals surface area contributed by atoms with Crippen LogP contribution in [0.25, 0.3) is 0 Å². The number of aryl methyl sites for hydroxylation is 2. The predicted molar refractivity (Wildman–Crippen MR) is 86.9 cm³/mol. The van der Waals surface area contributed by atoms with Gasteiger partial charge in [0.15, 0.2) is 5.11 Å². The Kier molecular flexibility index (Phi) is 4.35. The number of hydrogen-bond donors (Lipinski definition) is 2. The first-order valence-corrected chi connectivity index (χ1v) is 6.78. The van der Waals surface area contributed by atoms with Gasteiger partial charge in [0.2, 0.25) is 0 Å². The molecule has 0 amide bonds. The molecule has 0 aliphatic carbocycles. The lowest BCUT2D eigenvalue weighted by atomic mass is 10.1. The summed E-state index contributed by atoms with van der Waals surface area (Å²) in [7, 11) is 0. The highest BCUT2D eigenvalue weighted by Crippen LogP contribution is 2.18. The van der Waals surface area contributed by atoms with Crippen LogP contribution < -0.4 is 10.6 Å². The van der Waals surface area contributed by atoms with Crippen molar-refractivity contribution >= 4 is 28.7 Å². The lowest BCUT2D eigenvalue weighted by molar-refractivity contribution is 0.619. The van der Waals surface area contributed by atoms with Crippen LogP contribution in [0.4, 0.5) is 15.8 Å². The molecule has 20 heavy (non-hydrogen) atoms. The Morgan fingerprint density at radius 1 is 1.00 bits per heavy atom. The van der Waals surface area contributed by atoms with Gasteiger partial charge in [0, 0.05) is 16.9 Å². The fourth-order valence-electron chi connectivity index (χ4n) is 2.07. The van der Waals surface area contributed by atoms with E-state index in [2.05, 4.69) is 16.7 Å². The van der Waals surface area contributed by atoms with Gasteiger partial charge in [-0.25, -0.2) is 4.39 Å². The molecule has 2 rings (SSSR count). The molecule has 0 fully saturated rings. The van der Waals surface area contributed by atoms with E-state index in [0.29, 0.717) is 16.4 Å². The third kappa shape index (κ3) is 3.54. The lowest BCUT2D eigenvalue weighted by Crippen LogP contribution is -2.20. The van der Waals surface area contributed by atoms with E-state index >= 15 is 0 Å². The van der Waals surface area contributed by atoms with Gasteiger partial charge in [0.05, 0.1) is 0 Å². The average molecular weight is 288 g/mol. The highest BCUT2D eigenvalue weighted by atomic mass is 32.1. The number of halogens is 1. The summed E-state index contributed by atoms with van der Waals surface area (Å²) in [6, 6.07) is 11.0. The first-order chi connectivity index (χ1) is 9.45. The molecule has 0 atom stereocenters. The summed E-state index contributed by atoms with van der Waals surface area (Å²) >= 11 is 5.26. The summed E-state index contributed by atoms with van der Waals surface area (Å²) in [6.07, 6.45) is 0.